The number of hydrogen-bond donors (Lipinski definition) is 0. The standard InChI is InChI=1S/C7H3F4IN2O3/c8-1-3-2-13-6(12)5(4(3)14(15)16)17-7(9,10)11/h2H,1H2. The van der Waals surface area contributed by atoms with E-state index >= 15 is 0 Å². The van der Waals surface area contributed by atoms with E-state index < -0.39 is 35.0 Å². The maximum atomic E-state index is 12.4. The number of nitro groups is 1. The van der Waals surface area contributed by atoms with Crippen molar-refractivity contribution in [2.75, 3.05) is 0 Å². The molecule has 0 aliphatic rings. The van der Waals surface area contributed by atoms with Crippen molar-refractivity contribution in [1.82, 2.24) is 4.98 Å². The van der Waals surface area contributed by atoms with Gasteiger partial charge in [-0.15, -0.1) is 13.2 Å². The summed E-state index contributed by atoms with van der Waals surface area (Å²) >= 11 is 1.33. The van der Waals surface area contributed by atoms with Crippen molar-refractivity contribution < 1.29 is 27.2 Å². The van der Waals surface area contributed by atoms with E-state index in [0.717, 1.165) is 6.20 Å². The second-order valence-corrected chi connectivity index (χ2v) is 3.71. The number of aromatic nitrogens is 1. The van der Waals surface area contributed by atoms with Crippen LogP contribution < -0.4 is 4.74 Å². The van der Waals surface area contributed by atoms with Gasteiger partial charge >= 0.3 is 12.0 Å². The van der Waals surface area contributed by atoms with Crippen LogP contribution in [-0.4, -0.2) is 16.3 Å². The number of ether oxygens (including phenoxy) is 1. The Labute approximate surface area is 105 Å². The van der Waals surface area contributed by atoms with Crippen LogP contribution in [0.4, 0.5) is 23.2 Å². The molecule has 0 aliphatic carbocycles. The number of hydrogen-bond acceptors (Lipinski definition) is 4. The Hall–Kier alpha value is -1.20. The molecule has 0 aromatic carbocycles. The number of halogens is 5. The Kier molecular flexibility index (Phi) is 4.06. The summed E-state index contributed by atoms with van der Waals surface area (Å²) in [6, 6.07) is 0. The van der Waals surface area contributed by atoms with Crippen molar-refractivity contribution in [3.63, 3.8) is 0 Å². The van der Waals surface area contributed by atoms with Crippen molar-refractivity contribution in [3.05, 3.63) is 25.6 Å². The lowest BCUT2D eigenvalue weighted by atomic mass is 10.2. The molecule has 0 saturated carbocycles. The van der Waals surface area contributed by atoms with Gasteiger partial charge in [-0.1, -0.05) is 0 Å². The fourth-order valence-corrected chi connectivity index (χ4v) is 1.51. The molecule has 0 spiro atoms. The highest BCUT2D eigenvalue weighted by Crippen LogP contribution is 2.37. The van der Waals surface area contributed by atoms with Crippen molar-refractivity contribution in [2.24, 2.45) is 0 Å². The quantitative estimate of drug-likeness (QED) is 0.271. The zero-order valence-electron chi connectivity index (χ0n) is 7.79. The minimum absolute atomic E-state index is 0.371. The second kappa shape index (κ2) is 4.98. The third-order valence-corrected chi connectivity index (χ3v) is 2.35. The molecule has 10 heteroatoms. The molecular formula is C7H3F4IN2O3. The Bertz CT molecular complexity index is 451. The van der Waals surface area contributed by atoms with Gasteiger partial charge in [0.15, 0.2) is 3.70 Å². The van der Waals surface area contributed by atoms with Crippen LogP contribution in [0.15, 0.2) is 6.20 Å². The molecule has 0 fully saturated rings. The Balaban J connectivity index is 3.39. The predicted molar refractivity (Wildman–Crippen MR) is 55.1 cm³/mol. The summed E-state index contributed by atoms with van der Waals surface area (Å²) in [6.45, 7) is -1.31. The molecule has 5 nitrogen and oxygen atoms in total. The number of rotatable bonds is 3. The molecular weight excluding hydrogens is 363 g/mol. The Morgan fingerprint density at radius 3 is 2.53 bits per heavy atom. The number of alkyl halides is 4. The Morgan fingerprint density at radius 1 is 1.53 bits per heavy atom. The highest BCUT2D eigenvalue weighted by Gasteiger charge is 2.37. The van der Waals surface area contributed by atoms with E-state index in [0.29, 0.717) is 0 Å². The maximum absolute atomic E-state index is 12.4. The van der Waals surface area contributed by atoms with Gasteiger partial charge in [-0.25, -0.2) is 9.37 Å². The normalized spacial score (nSPS) is 11.4. The summed E-state index contributed by atoms with van der Waals surface area (Å²) in [6.07, 6.45) is -4.32. The van der Waals surface area contributed by atoms with Gasteiger partial charge < -0.3 is 4.74 Å². The van der Waals surface area contributed by atoms with Gasteiger partial charge in [-0.2, -0.15) is 0 Å². The summed E-state index contributed by atoms with van der Waals surface area (Å²) in [4.78, 5) is 12.9. The molecule has 0 atom stereocenters. The van der Waals surface area contributed by atoms with Crippen molar-refractivity contribution in [1.29, 1.82) is 0 Å². The van der Waals surface area contributed by atoms with Gasteiger partial charge in [0.1, 0.15) is 6.67 Å². The van der Waals surface area contributed by atoms with Crippen LogP contribution in [0.5, 0.6) is 5.75 Å². The fraction of sp³-hybridized carbons (Fsp3) is 0.286. The zero-order chi connectivity index (χ0) is 13.2. The van der Waals surface area contributed by atoms with Crippen LogP contribution in [0.2, 0.25) is 0 Å². The summed E-state index contributed by atoms with van der Waals surface area (Å²) in [5.74, 6) is -1.10. The lowest BCUT2D eigenvalue weighted by Gasteiger charge is -2.11. The summed E-state index contributed by atoms with van der Waals surface area (Å²) < 4.78 is 51.6. The topological polar surface area (TPSA) is 65.3 Å². The van der Waals surface area contributed by atoms with Gasteiger partial charge in [0, 0.05) is 6.20 Å². The van der Waals surface area contributed by atoms with Crippen molar-refractivity contribution in [2.45, 2.75) is 13.0 Å². The average Bonchev–Trinajstić information content (AvgIpc) is 2.18. The zero-order valence-corrected chi connectivity index (χ0v) is 9.95. The molecule has 0 unspecified atom stereocenters. The molecule has 0 amide bonds. The average molecular weight is 366 g/mol. The second-order valence-electron chi connectivity index (χ2n) is 2.69. The molecule has 1 aromatic heterocycles. The van der Waals surface area contributed by atoms with Crippen LogP contribution >= 0.6 is 22.6 Å². The van der Waals surface area contributed by atoms with Crippen LogP contribution in [0, 0.1) is 13.8 Å². The van der Waals surface area contributed by atoms with Gasteiger partial charge in [-0.05, 0) is 22.6 Å². The summed E-state index contributed by atoms with van der Waals surface area (Å²) in [5.41, 5.74) is -1.64. The van der Waals surface area contributed by atoms with E-state index in [9.17, 15) is 27.7 Å². The molecule has 0 bridgehead atoms. The minimum atomic E-state index is -5.11. The van der Waals surface area contributed by atoms with Gasteiger partial charge in [-0.3, -0.25) is 10.1 Å². The maximum Gasteiger partial charge on any atom is 0.573 e. The molecule has 0 aliphatic heterocycles. The van der Waals surface area contributed by atoms with E-state index in [1.165, 1.54) is 22.6 Å². The Morgan fingerprint density at radius 2 is 2.12 bits per heavy atom. The molecule has 1 aromatic rings. The third kappa shape index (κ3) is 3.38. The van der Waals surface area contributed by atoms with Crippen LogP contribution in [0.25, 0.3) is 0 Å². The number of nitrogens with zero attached hydrogens (tertiary/aromatic N) is 2. The highest BCUT2D eigenvalue weighted by molar-refractivity contribution is 14.1. The first-order chi connectivity index (χ1) is 7.76. The molecule has 1 heterocycles. The number of pyridine rings is 1. The van der Waals surface area contributed by atoms with E-state index in [2.05, 4.69) is 9.72 Å². The third-order valence-electron chi connectivity index (χ3n) is 1.58. The minimum Gasteiger partial charge on any atom is -0.396 e. The van der Waals surface area contributed by atoms with E-state index in [4.69, 9.17) is 0 Å². The monoisotopic (exact) mass is 366 g/mol. The van der Waals surface area contributed by atoms with E-state index in [-0.39, 0.29) is 3.70 Å². The molecule has 1 rings (SSSR count). The predicted octanol–water partition coefficient (Wildman–Crippen LogP) is 2.96. The smallest absolute Gasteiger partial charge is 0.396 e. The van der Waals surface area contributed by atoms with Crippen LogP contribution in [-0.2, 0) is 6.67 Å². The molecule has 0 N–H and O–H groups in total. The lowest BCUT2D eigenvalue weighted by molar-refractivity contribution is -0.389. The van der Waals surface area contributed by atoms with Crippen molar-refractivity contribution in [3.8, 4) is 5.75 Å². The SMILES string of the molecule is O=[N+]([O-])c1c(CF)cnc(I)c1OC(F)(F)F. The summed E-state index contributed by atoms with van der Waals surface area (Å²) in [7, 11) is 0. The lowest BCUT2D eigenvalue weighted by Crippen LogP contribution is -2.19. The van der Waals surface area contributed by atoms with Crippen molar-refractivity contribution >= 4 is 28.3 Å². The molecule has 0 saturated heterocycles. The van der Waals surface area contributed by atoms with E-state index in [1.807, 2.05) is 0 Å². The first kappa shape index (κ1) is 13.9. The highest BCUT2D eigenvalue weighted by atomic mass is 127. The van der Waals surface area contributed by atoms with Gasteiger partial charge in [0.25, 0.3) is 0 Å². The van der Waals surface area contributed by atoms with Gasteiger partial charge in [0.05, 0.1) is 10.5 Å². The van der Waals surface area contributed by atoms with Crippen LogP contribution in [0.1, 0.15) is 5.56 Å². The molecule has 0 radical (unpaired) electrons. The summed E-state index contributed by atoms with van der Waals surface area (Å²) in [5, 5.41) is 10.6. The first-order valence-electron chi connectivity index (χ1n) is 3.89. The van der Waals surface area contributed by atoms with Crippen LogP contribution in [0.3, 0.4) is 0 Å². The largest absolute Gasteiger partial charge is 0.573 e. The van der Waals surface area contributed by atoms with Gasteiger partial charge in [0.2, 0.25) is 5.75 Å². The molecule has 17 heavy (non-hydrogen) atoms. The first-order valence-corrected chi connectivity index (χ1v) is 4.97. The molecule has 94 valence electrons. The fourth-order valence-electron chi connectivity index (χ4n) is 1.00. The van der Waals surface area contributed by atoms with E-state index in [1.54, 1.807) is 0 Å².